The summed E-state index contributed by atoms with van der Waals surface area (Å²) >= 11 is 3.66. The van der Waals surface area contributed by atoms with E-state index in [4.69, 9.17) is 10.5 Å². The molecule has 5 heteroatoms. The standard InChI is InChI=1S/C16H26BrN3O/c1-19(2)12-5-4-8-20(11-12)16(10-18)14-9-13(21-3)6-7-15(14)17/h6-7,9,12,16H,4-5,8,10-11,18H2,1-3H3. The zero-order chi connectivity index (χ0) is 15.4. The van der Waals surface area contributed by atoms with Gasteiger partial charge in [-0.05, 0) is 57.2 Å². The molecule has 2 N–H and O–H groups in total. The Labute approximate surface area is 136 Å². The van der Waals surface area contributed by atoms with Gasteiger partial charge in [0.25, 0.3) is 0 Å². The molecule has 118 valence electrons. The summed E-state index contributed by atoms with van der Waals surface area (Å²) in [5.41, 5.74) is 7.32. The maximum Gasteiger partial charge on any atom is 0.119 e. The molecule has 1 aromatic carbocycles. The van der Waals surface area contributed by atoms with Gasteiger partial charge in [-0.1, -0.05) is 15.9 Å². The summed E-state index contributed by atoms with van der Waals surface area (Å²) in [6, 6.07) is 6.96. The van der Waals surface area contributed by atoms with Crippen LogP contribution in [0.3, 0.4) is 0 Å². The van der Waals surface area contributed by atoms with Gasteiger partial charge in [0.1, 0.15) is 5.75 Å². The van der Waals surface area contributed by atoms with Crippen molar-refractivity contribution in [2.24, 2.45) is 5.73 Å². The van der Waals surface area contributed by atoms with Crippen LogP contribution in [0.4, 0.5) is 0 Å². The molecule has 1 saturated heterocycles. The summed E-state index contributed by atoms with van der Waals surface area (Å²) in [6.07, 6.45) is 2.49. The fraction of sp³-hybridized carbons (Fsp3) is 0.625. The predicted octanol–water partition coefficient (Wildman–Crippen LogP) is 2.48. The molecule has 1 aromatic rings. The number of methoxy groups -OCH3 is 1. The van der Waals surface area contributed by atoms with E-state index in [9.17, 15) is 0 Å². The number of halogens is 1. The van der Waals surface area contributed by atoms with Gasteiger partial charge in [-0.25, -0.2) is 0 Å². The zero-order valence-corrected chi connectivity index (χ0v) is 14.8. The molecule has 1 fully saturated rings. The zero-order valence-electron chi connectivity index (χ0n) is 13.2. The van der Waals surface area contributed by atoms with Crippen LogP contribution in [-0.4, -0.2) is 56.7 Å². The second-order valence-electron chi connectivity index (χ2n) is 5.89. The van der Waals surface area contributed by atoms with Crippen LogP contribution >= 0.6 is 15.9 Å². The average molecular weight is 356 g/mol. The number of likely N-dealkylation sites (tertiary alicyclic amines) is 1. The van der Waals surface area contributed by atoms with Gasteiger partial charge in [0, 0.05) is 29.6 Å². The fourth-order valence-corrected chi connectivity index (χ4v) is 3.58. The molecule has 21 heavy (non-hydrogen) atoms. The molecule has 0 aliphatic carbocycles. The molecule has 1 aliphatic heterocycles. The summed E-state index contributed by atoms with van der Waals surface area (Å²) in [5.74, 6) is 0.882. The lowest BCUT2D eigenvalue weighted by molar-refractivity contribution is 0.0981. The third-order valence-corrected chi connectivity index (χ3v) is 5.11. The maximum absolute atomic E-state index is 6.10. The Hall–Kier alpha value is -0.620. The van der Waals surface area contributed by atoms with Crippen molar-refractivity contribution in [2.45, 2.75) is 24.9 Å². The van der Waals surface area contributed by atoms with E-state index in [1.807, 2.05) is 12.1 Å². The molecule has 0 radical (unpaired) electrons. The number of rotatable bonds is 5. The summed E-state index contributed by atoms with van der Waals surface area (Å²) in [7, 11) is 6.02. The van der Waals surface area contributed by atoms with E-state index in [0.717, 1.165) is 23.3 Å². The molecular formula is C16H26BrN3O. The smallest absolute Gasteiger partial charge is 0.119 e. The van der Waals surface area contributed by atoms with E-state index in [-0.39, 0.29) is 6.04 Å². The number of nitrogens with zero attached hydrogens (tertiary/aromatic N) is 2. The van der Waals surface area contributed by atoms with Gasteiger partial charge < -0.3 is 15.4 Å². The molecule has 4 nitrogen and oxygen atoms in total. The van der Waals surface area contributed by atoms with E-state index >= 15 is 0 Å². The molecule has 2 unspecified atom stereocenters. The van der Waals surface area contributed by atoms with Gasteiger partial charge >= 0.3 is 0 Å². The van der Waals surface area contributed by atoms with E-state index < -0.39 is 0 Å². The molecule has 0 saturated carbocycles. The molecule has 0 bridgehead atoms. The summed E-state index contributed by atoms with van der Waals surface area (Å²) in [6.45, 7) is 2.79. The van der Waals surface area contributed by atoms with Crippen molar-refractivity contribution in [3.05, 3.63) is 28.2 Å². The van der Waals surface area contributed by atoms with Gasteiger partial charge in [-0.15, -0.1) is 0 Å². The van der Waals surface area contributed by atoms with Crippen molar-refractivity contribution < 1.29 is 4.74 Å². The molecule has 2 rings (SSSR count). The van der Waals surface area contributed by atoms with E-state index in [0.29, 0.717) is 12.6 Å². The van der Waals surface area contributed by atoms with Crippen LogP contribution in [0, 0.1) is 0 Å². The minimum absolute atomic E-state index is 0.234. The Balaban J connectivity index is 2.22. The number of ether oxygens (including phenoxy) is 1. The molecular weight excluding hydrogens is 330 g/mol. The summed E-state index contributed by atoms with van der Waals surface area (Å²) in [4.78, 5) is 4.83. The van der Waals surface area contributed by atoms with Crippen LogP contribution in [0.15, 0.2) is 22.7 Å². The Morgan fingerprint density at radius 3 is 2.86 bits per heavy atom. The monoisotopic (exact) mass is 355 g/mol. The van der Waals surface area contributed by atoms with Crippen LogP contribution in [0.1, 0.15) is 24.4 Å². The highest BCUT2D eigenvalue weighted by atomic mass is 79.9. The first-order chi connectivity index (χ1) is 10.1. The topological polar surface area (TPSA) is 41.7 Å². The largest absolute Gasteiger partial charge is 0.497 e. The van der Waals surface area contributed by atoms with Gasteiger partial charge in [-0.2, -0.15) is 0 Å². The van der Waals surface area contributed by atoms with Crippen molar-refractivity contribution in [3.8, 4) is 5.75 Å². The number of piperidine rings is 1. The summed E-state index contributed by atoms with van der Waals surface area (Å²) < 4.78 is 6.47. The van der Waals surface area contributed by atoms with Crippen LogP contribution in [-0.2, 0) is 0 Å². The first-order valence-corrected chi connectivity index (χ1v) is 8.30. The van der Waals surface area contributed by atoms with Gasteiger partial charge in [-0.3, -0.25) is 4.90 Å². The van der Waals surface area contributed by atoms with Crippen LogP contribution in [0.25, 0.3) is 0 Å². The fourth-order valence-electron chi connectivity index (χ4n) is 3.06. The lowest BCUT2D eigenvalue weighted by atomic mass is 9.98. The lowest BCUT2D eigenvalue weighted by Crippen LogP contribution is -2.47. The average Bonchev–Trinajstić information content (AvgIpc) is 2.50. The SMILES string of the molecule is COc1ccc(Br)c(C(CN)N2CCCC(N(C)C)C2)c1. The second-order valence-corrected chi connectivity index (χ2v) is 6.75. The van der Waals surface area contributed by atoms with Gasteiger partial charge in [0.2, 0.25) is 0 Å². The molecule has 0 aromatic heterocycles. The van der Waals surface area contributed by atoms with E-state index in [1.165, 1.54) is 18.4 Å². The second kappa shape index (κ2) is 7.58. The highest BCUT2D eigenvalue weighted by Crippen LogP contribution is 2.32. The molecule has 2 atom stereocenters. The maximum atomic E-state index is 6.10. The molecule has 0 spiro atoms. The Bertz CT molecular complexity index is 467. The van der Waals surface area contributed by atoms with Crippen molar-refractivity contribution in [3.63, 3.8) is 0 Å². The first kappa shape index (κ1) is 16.7. The first-order valence-electron chi connectivity index (χ1n) is 7.50. The summed E-state index contributed by atoms with van der Waals surface area (Å²) in [5, 5.41) is 0. The van der Waals surface area contributed by atoms with Gasteiger partial charge in [0.05, 0.1) is 7.11 Å². The van der Waals surface area contributed by atoms with E-state index in [1.54, 1.807) is 7.11 Å². The molecule has 1 aliphatic rings. The van der Waals surface area contributed by atoms with Crippen molar-refractivity contribution in [1.29, 1.82) is 0 Å². The molecule has 1 heterocycles. The van der Waals surface area contributed by atoms with Crippen molar-refractivity contribution in [2.75, 3.05) is 40.8 Å². The number of hydrogen-bond acceptors (Lipinski definition) is 4. The van der Waals surface area contributed by atoms with Crippen LogP contribution in [0.5, 0.6) is 5.75 Å². The minimum atomic E-state index is 0.234. The van der Waals surface area contributed by atoms with Crippen molar-refractivity contribution in [1.82, 2.24) is 9.80 Å². The quantitative estimate of drug-likeness (QED) is 0.880. The Morgan fingerprint density at radius 1 is 1.48 bits per heavy atom. The number of likely N-dealkylation sites (N-methyl/N-ethyl adjacent to an activating group) is 1. The third kappa shape index (κ3) is 3.97. The van der Waals surface area contributed by atoms with Crippen molar-refractivity contribution >= 4 is 15.9 Å². The minimum Gasteiger partial charge on any atom is -0.497 e. The highest BCUT2D eigenvalue weighted by molar-refractivity contribution is 9.10. The Morgan fingerprint density at radius 2 is 2.24 bits per heavy atom. The number of hydrogen-bond donors (Lipinski definition) is 1. The van der Waals surface area contributed by atoms with Crippen LogP contribution in [0.2, 0.25) is 0 Å². The number of nitrogens with two attached hydrogens (primary N) is 1. The lowest BCUT2D eigenvalue weighted by Gasteiger charge is -2.40. The van der Waals surface area contributed by atoms with Gasteiger partial charge in [0.15, 0.2) is 0 Å². The molecule has 0 amide bonds. The normalized spacial score (nSPS) is 21.5. The van der Waals surface area contributed by atoms with E-state index in [2.05, 4.69) is 45.9 Å². The predicted molar refractivity (Wildman–Crippen MR) is 90.8 cm³/mol. The van der Waals surface area contributed by atoms with Crippen LogP contribution < -0.4 is 10.5 Å². The highest BCUT2D eigenvalue weighted by Gasteiger charge is 2.28. The number of benzene rings is 1. The Kier molecular flexibility index (Phi) is 6.05. The third-order valence-electron chi connectivity index (χ3n) is 4.38.